The highest BCUT2D eigenvalue weighted by Crippen LogP contribution is 2.18. The van der Waals surface area contributed by atoms with Crippen LogP contribution in [-0.2, 0) is 0 Å². The van der Waals surface area contributed by atoms with E-state index in [1.54, 1.807) is 22.2 Å². The first-order valence-electron chi connectivity index (χ1n) is 5.27. The summed E-state index contributed by atoms with van der Waals surface area (Å²) in [7, 11) is 1.85. The van der Waals surface area contributed by atoms with Crippen LogP contribution in [0.25, 0.3) is 5.82 Å². The standard InChI is InChI=1S/C11H13N7/c1-4-12-7-17(3)10-9(2)11(15-6-14-10)18-8-13-5-16-18/h4-8H,1H2,2-3H3. The summed E-state index contributed by atoms with van der Waals surface area (Å²) in [4.78, 5) is 18.1. The lowest BCUT2D eigenvalue weighted by molar-refractivity contribution is 0.826. The number of hydrogen-bond donors (Lipinski definition) is 0. The molecule has 0 amide bonds. The Hall–Kier alpha value is -2.57. The minimum atomic E-state index is 0.691. The Labute approximate surface area is 105 Å². The third kappa shape index (κ3) is 2.24. The fraction of sp³-hybridized carbons (Fsp3) is 0.182. The summed E-state index contributed by atoms with van der Waals surface area (Å²) in [5.41, 5.74) is 0.890. The summed E-state index contributed by atoms with van der Waals surface area (Å²) in [6.45, 7) is 5.45. The number of hydrogen-bond acceptors (Lipinski definition) is 5. The molecule has 0 saturated carbocycles. The zero-order valence-electron chi connectivity index (χ0n) is 10.2. The fourth-order valence-corrected chi connectivity index (χ4v) is 1.54. The second-order valence-electron chi connectivity index (χ2n) is 3.54. The molecule has 7 heteroatoms. The van der Waals surface area contributed by atoms with E-state index in [4.69, 9.17) is 0 Å². The number of aromatic nitrogens is 5. The van der Waals surface area contributed by atoms with Gasteiger partial charge < -0.3 is 4.90 Å². The predicted octanol–water partition coefficient (Wildman–Crippen LogP) is 0.974. The Morgan fingerprint density at radius 1 is 1.39 bits per heavy atom. The Balaban J connectivity index is 2.42. The average Bonchev–Trinajstić information content (AvgIpc) is 2.90. The predicted molar refractivity (Wildman–Crippen MR) is 68.8 cm³/mol. The third-order valence-electron chi connectivity index (χ3n) is 2.35. The smallest absolute Gasteiger partial charge is 0.163 e. The Morgan fingerprint density at radius 2 is 2.22 bits per heavy atom. The van der Waals surface area contributed by atoms with Crippen LogP contribution in [0, 0.1) is 6.92 Å². The SMILES string of the molecule is C=CN=CN(C)c1ncnc(-n2cncn2)c1C. The van der Waals surface area contributed by atoms with E-state index in [2.05, 4.69) is 31.6 Å². The molecule has 2 aromatic heterocycles. The molecule has 2 heterocycles. The number of aliphatic imine (C=N–C) groups is 1. The lowest BCUT2D eigenvalue weighted by Gasteiger charge is -2.15. The highest BCUT2D eigenvalue weighted by Gasteiger charge is 2.11. The fourth-order valence-electron chi connectivity index (χ4n) is 1.54. The zero-order chi connectivity index (χ0) is 13.0. The number of anilines is 1. The van der Waals surface area contributed by atoms with Gasteiger partial charge in [-0.3, -0.25) is 0 Å². The van der Waals surface area contributed by atoms with Gasteiger partial charge in [0.1, 0.15) is 24.8 Å². The van der Waals surface area contributed by atoms with Crippen molar-refractivity contribution in [1.82, 2.24) is 24.7 Å². The van der Waals surface area contributed by atoms with Crippen LogP contribution in [0.3, 0.4) is 0 Å². The maximum absolute atomic E-state index is 4.23. The molecule has 0 spiro atoms. The Kier molecular flexibility index (Phi) is 3.42. The average molecular weight is 243 g/mol. The quantitative estimate of drug-likeness (QED) is 0.591. The molecule has 0 aromatic carbocycles. The molecule has 0 aliphatic carbocycles. The van der Waals surface area contributed by atoms with Gasteiger partial charge in [-0.15, -0.1) is 0 Å². The van der Waals surface area contributed by atoms with Gasteiger partial charge in [0.15, 0.2) is 5.82 Å². The molecule has 0 bridgehead atoms. The topological polar surface area (TPSA) is 72.1 Å². The van der Waals surface area contributed by atoms with Gasteiger partial charge in [-0.2, -0.15) is 5.10 Å². The summed E-state index contributed by atoms with van der Waals surface area (Å²) >= 11 is 0. The zero-order valence-corrected chi connectivity index (χ0v) is 10.2. The summed E-state index contributed by atoms with van der Waals surface area (Å²) in [6.07, 6.45) is 7.64. The molecule has 18 heavy (non-hydrogen) atoms. The molecule has 0 fully saturated rings. The first-order valence-corrected chi connectivity index (χ1v) is 5.27. The molecule has 0 aliphatic rings. The van der Waals surface area contributed by atoms with Crippen molar-refractivity contribution in [2.24, 2.45) is 4.99 Å². The summed E-state index contributed by atoms with van der Waals surface area (Å²) < 4.78 is 1.60. The molecule has 0 unspecified atom stereocenters. The lowest BCUT2D eigenvalue weighted by atomic mass is 10.3. The van der Waals surface area contributed by atoms with Crippen LogP contribution in [-0.4, -0.2) is 38.1 Å². The van der Waals surface area contributed by atoms with E-state index in [9.17, 15) is 0 Å². The van der Waals surface area contributed by atoms with Gasteiger partial charge in [-0.25, -0.2) is 24.6 Å². The van der Waals surface area contributed by atoms with Crippen molar-refractivity contribution in [3.63, 3.8) is 0 Å². The van der Waals surface area contributed by atoms with Crippen LogP contribution in [0.15, 0.2) is 36.8 Å². The summed E-state index contributed by atoms with van der Waals surface area (Å²) in [5, 5.41) is 4.06. The highest BCUT2D eigenvalue weighted by molar-refractivity contribution is 5.78. The molecular formula is C11H13N7. The van der Waals surface area contributed by atoms with Gasteiger partial charge in [-0.05, 0) is 6.92 Å². The van der Waals surface area contributed by atoms with Crippen LogP contribution < -0.4 is 4.90 Å². The second kappa shape index (κ2) is 5.17. The molecule has 0 atom stereocenters. The van der Waals surface area contributed by atoms with Crippen molar-refractivity contribution >= 4 is 12.2 Å². The van der Waals surface area contributed by atoms with Crippen molar-refractivity contribution < 1.29 is 0 Å². The minimum Gasteiger partial charge on any atom is -0.320 e. The van der Waals surface area contributed by atoms with E-state index in [1.807, 2.05) is 14.0 Å². The third-order valence-corrected chi connectivity index (χ3v) is 2.35. The first kappa shape index (κ1) is 11.9. The van der Waals surface area contributed by atoms with Crippen molar-refractivity contribution in [3.8, 4) is 5.82 Å². The van der Waals surface area contributed by atoms with E-state index in [0.29, 0.717) is 5.82 Å². The Bertz CT molecular complexity index is 559. The molecule has 7 nitrogen and oxygen atoms in total. The molecule has 2 aromatic rings. The summed E-state index contributed by atoms with van der Waals surface area (Å²) in [5.74, 6) is 1.44. The number of nitrogens with zero attached hydrogens (tertiary/aromatic N) is 7. The lowest BCUT2D eigenvalue weighted by Crippen LogP contribution is -2.18. The van der Waals surface area contributed by atoms with E-state index in [-0.39, 0.29) is 0 Å². The van der Waals surface area contributed by atoms with Crippen LogP contribution in [0.4, 0.5) is 5.82 Å². The highest BCUT2D eigenvalue weighted by atomic mass is 15.3. The molecule has 92 valence electrons. The van der Waals surface area contributed by atoms with Gasteiger partial charge in [0.25, 0.3) is 0 Å². The van der Waals surface area contributed by atoms with Crippen LogP contribution in [0.5, 0.6) is 0 Å². The van der Waals surface area contributed by atoms with E-state index >= 15 is 0 Å². The molecule has 0 saturated heterocycles. The van der Waals surface area contributed by atoms with Crippen molar-refractivity contribution in [1.29, 1.82) is 0 Å². The first-order chi connectivity index (χ1) is 8.74. The van der Waals surface area contributed by atoms with Crippen molar-refractivity contribution in [3.05, 3.63) is 37.3 Å². The van der Waals surface area contributed by atoms with E-state index < -0.39 is 0 Å². The maximum atomic E-state index is 4.23. The molecule has 0 aliphatic heterocycles. The minimum absolute atomic E-state index is 0.691. The van der Waals surface area contributed by atoms with Gasteiger partial charge in [0.05, 0.1) is 6.34 Å². The normalized spacial score (nSPS) is 10.8. The Morgan fingerprint density at radius 3 is 2.89 bits per heavy atom. The van der Waals surface area contributed by atoms with Crippen molar-refractivity contribution in [2.45, 2.75) is 6.92 Å². The second-order valence-corrected chi connectivity index (χ2v) is 3.54. The summed E-state index contributed by atoms with van der Waals surface area (Å²) in [6, 6.07) is 0. The van der Waals surface area contributed by atoms with Crippen LogP contribution in [0.2, 0.25) is 0 Å². The van der Waals surface area contributed by atoms with Crippen LogP contribution in [0.1, 0.15) is 5.56 Å². The van der Waals surface area contributed by atoms with Gasteiger partial charge >= 0.3 is 0 Å². The maximum Gasteiger partial charge on any atom is 0.163 e. The van der Waals surface area contributed by atoms with Crippen molar-refractivity contribution in [2.75, 3.05) is 11.9 Å². The largest absolute Gasteiger partial charge is 0.320 e. The monoisotopic (exact) mass is 243 g/mol. The molecular weight excluding hydrogens is 230 g/mol. The molecule has 2 rings (SSSR count). The molecule has 0 radical (unpaired) electrons. The van der Waals surface area contributed by atoms with Gasteiger partial charge in [-0.1, -0.05) is 6.58 Å². The van der Waals surface area contributed by atoms with Gasteiger partial charge in [0, 0.05) is 18.8 Å². The molecule has 0 N–H and O–H groups in total. The number of rotatable bonds is 4. The van der Waals surface area contributed by atoms with Gasteiger partial charge in [0.2, 0.25) is 0 Å². The van der Waals surface area contributed by atoms with E-state index in [1.165, 1.54) is 18.9 Å². The van der Waals surface area contributed by atoms with E-state index in [0.717, 1.165) is 11.4 Å². The van der Waals surface area contributed by atoms with Crippen LogP contribution >= 0.6 is 0 Å².